The lowest BCUT2D eigenvalue weighted by Gasteiger charge is -2.38. The Morgan fingerprint density at radius 3 is 2.56 bits per heavy atom. The highest BCUT2D eigenvalue weighted by molar-refractivity contribution is 5.90. The second kappa shape index (κ2) is 4.25. The molecule has 0 spiro atoms. The van der Waals surface area contributed by atoms with Gasteiger partial charge in [0.2, 0.25) is 11.8 Å². The molecule has 2 amide bonds. The van der Waals surface area contributed by atoms with Crippen molar-refractivity contribution in [1.29, 1.82) is 0 Å². The standard InChI is InChI=1S/C14H22N2O2/c1-8-5-13(17)15-9(2)14(18)16(8)12-7-10-3-4-11(12)6-10/h8-12H,3-7H2,1-2H3,(H,15,17). The molecule has 2 saturated carbocycles. The first-order valence-corrected chi connectivity index (χ1v) is 7.17. The molecular weight excluding hydrogens is 228 g/mol. The first kappa shape index (κ1) is 12.0. The van der Waals surface area contributed by atoms with Gasteiger partial charge in [0.25, 0.3) is 0 Å². The third-order valence-corrected chi connectivity index (χ3v) is 5.02. The summed E-state index contributed by atoms with van der Waals surface area (Å²) in [6.07, 6.45) is 5.49. The first-order chi connectivity index (χ1) is 8.56. The smallest absolute Gasteiger partial charge is 0.245 e. The number of hydrogen-bond donors (Lipinski definition) is 1. The molecule has 4 heteroatoms. The zero-order valence-electron chi connectivity index (χ0n) is 11.2. The highest BCUT2D eigenvalue weighted by Crippen LogP contribution is 2.47. The Kier molecular flexibility index (Phi) is 2.83. The Labute approximate surface area is 108 Å². The van der Waals surface area contributed by atoms with Crippen molar-refractivity contribution >= 4 is 11.8 Å². The van der Waals surface area contributed by atoms with Crippen LogP contribution in [0.15, 0.2) is 0 Å². The maximum absolute atomic E-state index is 12.5. The fourth-order valence-corrected chi connectivity index (χ4v) is 4.21. The van der Waals surface area contributed by atoms with Crippen LogP contribution >= 0.6 is 0 Å². The molecule has 2 aliphatic carbocycles. The summed E-state index contributed by atoms with van der Waals surface area (Å²) < 4.78 is 0. The van der Waals surface area contributed by atoms with Crippen molar-refractivity contribution in [1.82, 2.24) is 10.2 Å². The van der Waals surface area contributed by atoms with E-state index in [-0.39, 0.29) is 23.9 Å². The predicted octanol–water partition coefficient (Wildman–Crippen LogP) is 1.30. The molecule has 0 aromatic carbocycles. The Bertz CT molecular complexity index is 382. The van der Waals surface area contributed by atoms with Gasteiger partial charge in [0.05, 0.1) is 0 Å². The fraction of sp³-hybridized carbons (Fsp3) is 0.857. The van der Waals surface area contributed by atoms with Gasteiger partial charge in [-0.25, -0.2) is 0 Å². The average molecular weight is 250 g/mol. The van der Waals surface area contributed by atoms with Crippen LogP contribution in [0.3, 0.4) is 0 Å². The summed E-state index contributed by atoms with van der Waals surface area (Å²) in [4.78, 5) is 26.2. The molecule has 18 heavy (non-hydrogen) atoms. The third kappa shape index (κ3) is 1.82. The zero-order valence-corrected chi connectivity index (χ0v) is 11.2. The van der Waals surface area contributed by atoms with E-state index in [9.17, 15) is 9.59 Å². The number of carbonyl (C=O) groups is 2. The van der Waals surface area contributed by atoms with Crippen molar-refractivity contribution < 1.29 is 9.59 Å². The quantitative estimate of drug-likeness (QED) is 0.762. The van der Waals surface area contributed by atoms with Crippen LogP contribution in [0.5, 0.6) is 0 Å². The van der Waals surface area contributed by atoms with Gasteiger partial charge in [-0.2, -0.15) is 0 Å². The van der Waals surface area contributed by atoms with Crippen LogP contribution in [0.25, 0.3) is 0 Å². The molecule has 5 unspecified atom stereocenters. The fourth-order valence-electron chi connectivity index (χ4n) is 4.21. The normalized spacial score (nSPS) is 44.1. The summed E-state index contributed by atoms with van der Waals surface area (Å²) in [6.45, 7) is 3.82. The lowest BCUT2D eigenvalue weighted by Crippen LogP contribution is -2.51. The molecule has 5 atom stereocenters. The molecule has 100 valence electrons. The van der Waals surface area contributed by atoms with Crippen LogP contribution in [-0.2, 0) is 9.59 Å². The van der Waals surface area contributed by atoms with E-state index in [0.29, 0.717) is 18.4 Å². The first-order valence-electron chi connectivity index (χ1n) is 7.17. The molecule has 1 saturated heterocycles. The second-order valence-electron chi connectivity index (χ2n) is 6.33. The molecule has 0 radical (unpaired) electrons. The molecule has 1 N–H and O–H groups in total. The van der Waals surface area contributed by atoms with Gasteiger partial charge in [0, 0.05) is 18.5 Å². The van der Waals surface area contributed by atoms with Crippen LogP contribution in [0.2, 0.25) is 0 Å². The van der Waals surface area contributed by atoms with Crippen molar-refractivity contribution in [3.8, 4) is 0 Å². The molecule has 0 aromatic heterocycles. The van der Waals surface area contributed by atoms with Gasteiger partial charge in [-0.15, -0.1) is 0 Å². The minimum Gasteiger partial charge on any atom is -0.345 e. The topological polar surface area (TPSA) is 49.4 Å². The molecular formula is C14H22N2O2. The minimum atomic E-state index is -0.360. The molecule has 4 nitrogen and oxygen atoms in total. The molecule has 1 aliphatic heterocycles. The van der Waals surface area contributed by atoms with Crippen LogP contribution in [0.4, 0.5) is 0 Å². The van der Waals surface area contributed by atoms with Crippen molar-refractivity contribution in [2.45, 2.75) is 64.1 Å². The Balaban J connectivity index is 1.84. The van der Waals surface area contributed by atoms with Gasteiger partial charge in [-0.3, -0.25) is 9.59 Å². The number of carbonyl (C=O) groups excluding carboxylic acids is 2. The van der Waals surface area contributed by atoms with Gasteiger partial charge in [0.15, 0.2) is 0 Å². The van der Waals surface area contributed by atoms with Crippen molar-refractivity contribution in [2.75, 3.05) is 0 Å². The number of rotatable bonds is 1. The van der Waals surface area contributed by atoms with Gasteiger partial charge in [-0.05, 0) is 44.9 Å². The van der Waals surface area contributed by atoms with Gasteiger partial charge < -0.3 is 10.2 Å². The largest absolute Gasteiger partial charge is 0.345 e. The van der Waals surface area contributed by atoms with E-state index in [1.807, 2.05) is 11.8 Å². The summed E-state index contributed by atoms with van der Waals surface area (Å²) in [5.74, 6) is 1.63. The lowest BCUT2D eigenvalue weighted by molar-refractivity contribution is -0.138. The van der Waals surface area contributed by atoms with E-state index in [0.717, 1.165) is 12.3 Å². The summed E-state index contributed by atoms with van der Waals surface area (Å²) >= 11 is 0. The molecule has 0 aromatic rings. The summed E-state index contributed by atoms with van der Waals surface area (Å²) in [6, 6.07) is 0.0785. The molecule has 1 heterocycles. The highest BCUT2D eigenvalue weighted by atomic mass is 16.2. The number of nitrogens with zero attached hydrogens (tertiary/aromatic N) is 1. The number of nitrogens with one attached hydrogen (secondary N) is 1. The minimum absolute atomic E-state index is 0.00834. The summed E-state index contributed by atoms with van der Waals surface area (Å²) in [5.41, 5.74) is 0. The van der Waals surface area contributed by atoms with E-state index < -0.39 is 0 Å². The van der Waals surface area contributed by atoms with Crippen LogP contribution < -0.4 is 5.32 Å². The number of hydrogen-bond acceptors (Lipinski definition) is 2. The van der Waals surface area contributed by atoms with Gasteiger partial charge >= 0.3 is 0 Å². The van der Waals surface area contributed by atoms with Gasteiger partial charge in [-0.1, -0.05) is 6.42 Å². The van der Waals surface area contributed by atoms with E-state index in [1.54, 1.807) is 6.92 Å². The van der Waals surface area contributed by atoms with Crippen molar-refractivity contribution in [2.24, 2.45) is 11.8 Å². The highest BCUT2D eigenvalue weighted by Gasteiger charge is 2.46. The Morgan fingerprint density at radius 2 is 1.94 bits per heavy atom. The van der Waals surface area contributed by atoms with Crippen LogP contribution in [0, 0.1) is 11.8 Å². The van der Waals surface area contributed by atoms with Crippen molar-refractivity contribution in [3.63, 3.8) is 0 Å². The predicted molar refractivity (Wildman–Crippen MR) is 67.8 cm³/mol. The Hall–Kier alpha value is -1.06. The number of amides is 2. The maximum Gasteiger partial charge on any atom is 0.245 e. The Morgan fingerprint density at radius 1 is 1.17 bits per heavy atom. The van der Waals surface area contributed by atoms with E-state index in [2.05, 4.69) is 5.32 Å². The van der Waals surface area contributed by atoms with Crippen LogP contribution in [-0.4, -0.2) is 34.8 Å². The van der Waals surface area contributed by atoms with E-state index in [4.69, 9.17) is 0 Å². The molecule has 3 rings (SSSR count). The molecule has 3 fully saturated rings. The van der Waals surface area contributed by atoms with Crippen molar-refractivity contribution in [3.05, 3.63) is 0 Å². The van der Waals surface area contributed by atoms with E-state index in [1.165, 1.54) is 19.3 Å². The summed E-state index contributed by atoms with van der Waals surface area (Å²) in [5, 5.41) is 2.79. The van der Waals surface area contributed by atoms with E-state index >= 15 is 0 Å². The van der Waals surface area contributed by atoms with Crippen LogP contribution in [0.1, 0.15) is 46.0 Å². The summed E-state index contributed by atoms with van der Waals surface area (Å²) in [7, 11) is 0. The molecule has 2 bridgehead atoms. The average Bonchev–Trinajstić information content (AvgIpc) is 2.88. The van der Waals surface area contributed by atoms with Gasteiger partial charge in [0.1, 0.15) is 6.04 Å². The number of fused-ring (bicyclic) bond motifs is 2. The SMILES string of the molecule is CC1NC(=O)CC(C)N(C2CC3CCC2C3)C1=O. The third-order valence-electron chi connectivity index (χ3n) is 5.02. The lowest BCUT2D eigenvalue weighted by atomic mass is 9.92. The molecule has 3 aliphatic rings. The maximum atomic E-state index is 12.5. The second-order valence-corrected chi connectivity index (χ2v) is 6.33. The monoisotopic (exact) mass is 250 g/mol. The zero-order chi connectivity index (χ0) is 12.9.